The number of hydrogen-bond acceptors (Lipinski definition) is 8. The first-order valence-electron chi connectivity index (χ1n) is 8.98. The standard InChI is InChI=1S/C19H27ClN2O7/c1-11(2)15(10-21)28-18(25)27-12(3)26-17(24)19(4,5)29-22-16(23)13-6-8-14(20)9-7-13/h6-9,11-12,15H,10,21H2,1-5H3,(H,22,23). The van der Waals surface area contributed by atoms with E-state index in [-0.39, 0.29) is 18.0 Å². The molecule has 0 bridgehead atoms. The average molecular weight is 431 g/mol. The van der Waals surface area contributed by atoms with Crippen molar-refractivity contribution in [2.45, 2.75) is 52.6 Å². The number of hydrogen-bond donors (Lipinski definition) is 2. The largest absolute Gasteiger partial charge is 0.511 e. The lowest BCUT2D eigenvalue weighted by Crippen LogP contribution is -2.44. The van der Waals surface area contributed by atoms with Crippen LogP contribution in [0.3, 0.4) is 0 Å². The minimum atomic E-state index is -1.55. The van der Waals surface area contributed by atoms with Crippen LogP contribution < -0.4 is 11.2 Å². The first-order chi connectivity index (χ1) is 13.5. The van der Waals surface area contributed by atoms with Gasteiger partial charge in [0.2, 0.25) is 6.29 Å². The summed E-state index contributed by atoms with van der Waals surface area (Å²) in [5, 5.41) is 0.477. The number of rotatable bonds is 9. The molecule has 162 valence electrons. The van der Waals surface area contributed by atoms with Crippen LogP contribution in [0, 0.1) is 5.92 Å². The van der Waals surface area contributed by atoms with Crippen molar-refractivity contribution in [3.05, 3.63) is 34.9 Å². The van der Waals surface area contributed by atoms with Gasteiger partial charge in [-0.05, 0) is 44.0 Å². The molecule has 0 spiro atoms. The van der Waals surface area contributed by atoms with E-state index >= 15 is 0 Å². The molecule has 0 aliphatic heterocycles. The van der Waals surface area contributed by atoms with E-state index in [0.717, 1.165) is 0 Å². The Kier molecular flexibility index (Phi) is 9.35. The summed E-state index contributed by atoms with van der Waals surface area (Å²) in [6, 6.07) is 6.09. The highest BCUT2D eigenvalue weighted by molar-refractivity contribution is 6.30. The van der Waals surface area contributed by atoms with Crippen LogP contribution in [0.15, 0.2) is 24.3 Å². The minimum Gasteiger partial charge on any atom is -0.429 e. The quantitative estimate of drug-likeness (QED) is 0.348. The zero-order valence-electron chi connectivity index (χ0n) is 17.1. The van der Waals surface area contributed by atoms with Gasteiger partial charge in [-0.1, -0.05) is 25.4 Å². The Morgan fingerprint density at radius 2 is 1.66 bits per heavy atom. The highest BCUT2D eigenvalue weighted by Crippen LogP contribution is 2.14. The van der Waals surface area contributed by atoms with Crippen LogP contribution in [0.1, 0.15) is 45.0 Å². The molecule has 29 heavy (non-hydrogen) atoms. The molecule has 0 saturated carbocycles. The number of benzene rings is 1. The molecule has 1 aromatic carbocycles. The number of hydroxylamine groups is 1. The fraction of sp³-hybridized carbons (Fsp3) is 0.526. The van der Waals surface area contributed by atoms with Gasteiger partial charge >= 0.3 is 12.1 Å². The van der Waals surface area contributed by atoms with Gasteiger partial charge in [-0.3, -0.25) is 9.63 Å². The van der Waals surface area contributed by atoms with Crippen LogP contribution in [0.4, 0.5) is 4.79 Å². The van der Waals surface area contributed by atoms with Crippen LogP contribution in [-0.2, 0) is 23.8 Å². The van der Waals surface area contributed by atoms with Gasteiger partial charge in [0.1, 0.15) is 6.10 Å². The molecule has 1 aromatic rings. The first kappa shape index (κ1) is 24.7. The second kappa shape index (κ2) is 11.0. The van der Waals surface area contributed by atoms with E-state index in [1.807, 2.05) is 13.8 Å². The number of halogens is 1. The molecule has 0 radical (unpaired) electrons. The number of nitrogens with one attached hydrogen (secondary N) is 1. The Hall–Kier alpha value is -2.36. The molecule has 10 heteroatoms. The molecule has 0 heterocycles. The second-order valence-corrected chi connectivity index (χ2v) is 7.46. The number of nitrogens with two attached hydrogens (primary N) is 1. The molecule has 0 aliphatic carbocycles. The Morgan fingerprint density at radius 1 is 1.07 bits per heavy atom. The van der Waals surface area contributed by atoms with Gasteiger partial charge in [0, 0.05) is 24.1 Å². The van der Waals surface area contributed by atoms with E-state index in [4.69, 9.17) is 36.4 Å². The van der Waals surface area contributed by atoms with Crippen molar-refractivity contribution in [3.63, 3.8) is 0 Å². The summed E-state index contributed by atoms with van der Waals surface area (Å²) in [7, 11) is 0. The van der Waals surface area contributed by atoms with E-state index in [2.05, 4.69) is 5.48 Å². The SMILES string of the molecule is CC(OC(=O)OC(CN)C(C)C)OC(=O)C(C)(C)ONC(=O)c1ccc(Cl)cc1. The number of carbonyl (C=O) groups excluding carboxylic acids is 3. The Balaban J connectivity index is 2.52. The minimum absolute atomic E-state index is 0.00184. The first-order valence-corrected chi connectivity index (χ1v) is 9.36. The van der Waals surface area contributed by atoms with E-state index in [9.17, 15) is 14.4 Å². The molecule has 0 aromatic heterocycles. The molecular formula is C19H27ClN2O7. The van der Waals surface area contributed by atoms with Crippen LogP contribution >= 0.6 is 11.6 Å². The normalized spacial score (nSPS) is 13.4. The van der Waals surface area contributed by atoms with Crippen molar-refractivity contribution in [1.82, 2.24) is 5.48 Å². The zero-order valence-corrected chi connectivity index (χ0v) is 17.8. The van der Waals surface area contributed by atoms with Crippen molar-refractivity contribution in [2.24, 2.45) is 11.7 Å². The van der Waals surface area contributed by atoms with E-state index in [1.165, 1.54) is 32.9 Å². The van der Waals surface area contributed by atoms with Crippen LogP contribution in [0.25, 0.3) is 0 Å². The Bertz CT molecular complexity index is 707. The van der Waals surface area contributed by atoms with Crippen molar-refractivity contribution in [2.75, 3.05) is 6.54 Å². The van der Waals surface area contributed by atoms with Crippen LogP contribution in [0.5, 0.6) is 0 Å². The van der Waals surface area contributed by atoms with Crippen molar-refractivity contribution in [1.29, 1.82) is 0 Å². The maximum atomic E-state index is 12.3. The predicted molar refractivity (Wildman–Crippen MR) is 105 cm³/mol. The zero-order chi connectivity index (χ0) is 22.2. The Labute approximate surface area is 174 Å². The molecule has 0 aliphatic rings. The van der Waals surface area contributed by atoms with Crippen molar-refractivity contribution < 1.29 is 33.4 Å². The third-order valence-electron chi connectivity index (χ3n) is 3.76. The van der Waals surface area contributed by atoms with E-state index in [1.54, 1.807) is 12.1 Å². The lowest BCUT2D eigenvalue weighted by atomic mass is 10.1. The molecule has 3 N–H and O–H groups in total. The maximum absolute atomic E-state index is 12.3. The molecule has 0 saturated heterocycles. The number of esters is 1. The maximum Gasteiger partial charge on any atom is 0.511 e. The number of carbonyl (C=O) groups is 3. The number of ether oxygens (including phenoxy) is 3. The van der Waals surface area contributed by atoms with Gasteiger partial charge in [-0.25, -0.2) is 15.1 Å². The van der Waals surface area contributed by atoms with Gasteiger partial charge in [0.15, 0.2) is 5.60 Å². The number of amides is 1. The fourth-order valence-corrected chi connectivity index (χ4v) is 2.06. The summed E-state index contributed by atoms with van der Waals surface area (Å²) >= 11 is 5.77. The summed E-state index contributed by atoms with van der Waals surface area (Å²) in [5.41, 5.74) is 6.43. The summed E-state index contributed by atoms with van der Waals surface area (Å²) in [6.07, 6.45) is -2.77. The smallest absolute Gasteiger partial charge is 0.429 e. The summed E-state index contributed by atoms with van der Waals surface area (Å²) < 4.78 is 15.0. The van der Waals surface area contributed by atoms with E-state index in [0.29, 0.717) is 5.02 Å². The summed E-state index contributed by atoms with van der Waals surface area (Å²) in [5.74, 6) is -1.44. The molecule has 0 fully saturated rings. The fourth-order valence-electron chi connectivity index (χ4n) is 1.94. The van der Waals surface area contributed by atoms with Gasteiger partial charge in [0.25, 0.3) is 5.91 Å². The Morgan fingerprint density at radius 3 is 2.17 bits per heavy atom. The monoisotopic (exact) mass is 430 g/mol. The van der Waals surface area contributed by atoms with Gasteiger partial charge in [-0.2, -0.15) is 0 Å². The van der Waals surface area contributed by atoms with Gasteiger partial charge < -0.3 is 19.9 Å². The van der Waals surface area contributed by atoms with Gasteiger partial charge in [-0.15, -0.1) is 0 Å². The van der Waals surface area contributed by atoms with Crippen LogP contribution in [-0.4, -0.2) is 42.6 Å². The topological polar surface area (TPSA) is 126 Å². The third-order valence-corrected chi connectivity index (χ3v) is 4.01. The lowest BCUT2D eigenvalue weighted by molar-refractivity contribution is -0.196. The lowest BCUT2D eigenvalue weighted by Gasteiger charge is -2.25. The molecular weight excluding hydrogens is 404 g/mol. The molecule has 1 rings (SSSR count). The van der Waals surface area contributed by atoms with Crippen LogP contribution in [0.2, 0.25) is 5.02 Å². The average Bonchev–Trinajstić information content (AvgIpc) is 2.64. The third kappa shape index (κ3) is 8.26. The van der Waals surface area contributed by atoms with Gasteiger partial charge in [0.05, 0.1) is 0 Å². The predicted octanol–water partition coefficient (Wildman–Crippen LogP) is 2.81. The molecule has 1 amide bonds. The van der Waals surface area contributed by atoms with E-state index < -0.39 is 36.0 Å². The molecule has 2 unspecified atom stereocenters. The highest BCUT2D eigenvalue weighted by Gasteiger charge is 2.34. The summed E-state index contributed by atoms with van der Waals surface area (Å²) in [6.45, 7) is 7.92. The van der Waals surface area contributed by atoms with Crippen molar-refractivity contribution >= 4 is 29.6 Å². The molecule has 2 atom stereocenters. The summed E-state index contributed by atoms with van der Waals surface area (Å²) in [4.78, 5) is 41.2. The van der Waals surface area contributed by atoms with Crippen molar-refractivity contribution in [3.8, 4) is 0 Å². The molecule has 9 nitrogen and oxygen atoms in total. The highest BCUT2D eigenvalue weighted by atomic mass is 35.5. The second-order valence-electron chi connectivity index (χ2n) is 7.03.